The number of aromatic nitrogens is 7. The third-order valence-corrected chi connectivity index (χ3v) is 14.3. The van der Waals surface area contributed by atoms with E-state index in [9.17, 15) is 19.2 Å². The number of likely N-dealkylation sites (tertiary alicyclic amines) is 1. The number of halogens is 3. The summed E-state index contributed by atoms with van der Waals surface area (Å²) < 4.78 is 59.9. The molecule has 0 radical (unpaired) electrons. The summed E-state index contributed by atoms with van der Waals surface area (Å²) in [4.78, 5) is 74.9. The number of imide groups is 1. The lowest BCUT2D eigenvalue weighted by Crippen LogP contribution is -2.55. The van der Waals surface area contributed by atoms with E-state index in [4.69, 9.17) is 30.1 Å². The first-order valence-corrected chi connectivity index (χ1v) is 24.3. The molecule has 4 aromatic heterocycles. The summed E-state index contributed by atoms with van der Waals surface area (Å²) in [5.74, 6) is -1.22. The molecule has 4 amide bonds. The number of carbonyl (C=O) groups is 4. The zero-order valence-corrected chi connectivity index (χ0v) is 39.9. The fraction of sp³-hybridized carbons (Fsp3) is 0.542. The molecular formula is C48H57F3N14O6. The largest absolute Gasteiger partial charge is 0.439 e. The van der Waals surface area contributed by atoms with Gasteiger partial charge in [0.05, 0.1) is 16.5 Å². The Morgan fingerprint density at radius 3 is 2.23 bits per heavy atom. The summed E-state index contributed by atoms with van der Waals surface area (Å²) >= 11 is 0. The van der Waals surface area contributed by atoms with Gasteiger partial charge >= 0.3 is 6.09 Å². The van der Waals surface area contributed by atoms with Crippen molar-refractivity contribution in [2.24, 2.45) is 0 Å². The highest BCUT2D eigenvalue weighted by molar-refractivity contribution is 6.02. The van der Waals surface area contributed by atoms with Crippen molar-refractivity contribution in [1.82, 2.24) is 54.9 Å². The van der Waals surface area contributed by atoms with E-state index < -0.39 is 53.4 Å². The lowest BCUT2D eigenvalue weighted by atomic mass is 9.91. The second kappa shape index (κ2) is 19.0. The first-order chi connectivity index (χ1) is 34.0. The molecule has 10 rings (SSSR count). The monoisotopic (exact) mass is 982 g/mol. The topological polar surface area (TPSA) is 236 Å². The van der Waals surface area contributed by atoms with Crippen molar-refractivity contribution in [2.75, 3.05) is 81.5 Å². The molecule has 20 nitrogen and oxygen atoms in total. The first-order valence-electron chi connectivity index (χ1n) is 24.3. The number of rotatable bonds is 11. The quantitative estimate of drug-likeness (QED) is 0.146. The molecule has 71 heavy (non-hydrogen) atoms. The molecule has 0 spiro atoms. The highest BCUT2D eigenvalue weighted by Crippen LogP contribution is 2.48. The number of alkyl halides is 1. The van der Waals surface area contributed by atoms with Crippen molar-refractivity contribution < 1.29 is 41.6 Å². The number of piperidine rings is 3. The summed E-state index contributed by atoms with van der Waals surface area (Å²) in [6.07, 6.45) is 8.14. The number of fused-ring (bicyclic) bond motifs is 1. The van der Waals surface area contributed by atoms with E-state index in [2.05, 4.69) is 25.8 Å². The molecule has 1 atom stereocenters. The number of nitrogens with one attached hydrogen (secondary N) is 2. The van der Waals surface area contributed by atoms with Crippen LogP contribution >= 0.6 is 0 Å². The summed E-state index contributed by atoms with van der Waals surface area (Å²) in [6, 6.07) is 1.41. The van der Waals surface area contributed by atoms with Crippen LogP contribution in [0.3, 0.4) is 0 Å². The predicted molar refractivity (Wildman–Crippen MR) is 253 cm³/mol. The Balaban J connectivity index is 0.674. The average molecular weight is 983 g/mol. The number of hydrogen-bond acceptors (Lipinski definition) is 16. The van der Waals surface area contributed by atoms with Crippen LogP contribution in [0.4, 0.5) is 35.2 Å². The molecule has 8 heterocycles. The van der Waals surface area contributed by atoms with Crippen LogP contribution in [0.5, 0.6) is 0 Å². The number of ether oxygens (including phenoxy) is 1. The Kier molecular flexibility index (Phi) is 12.8. The van der Waals surface area contributed by atoms with Gasteiger partial charge in [-0.05, 0) is 76.5 Å². The fourth-order valence-electron chi connectivity index (χ4n) is 10.1. The fourth-order valence-corrected chi connectivity index (χ4v) is 10.1. The Morgan fingerprint density at radius 2 is 1.58 bits per heavy atom. The molecule has 1 aliphatic carbocycles. The van der Waals surface area contributed by atoms with Crippen molar-refractivity contribution in [1.29, 1.82) is 0 Å². The van der Waals surface area contributed by atoms with E-state index in [-0.39, 0.29) is 80.3 Å². The molecule has 1 saturated carbocycles. The van der Waals surface area contributed by atoms with Gasteiger partial charge in [0, 0.05) is 102 Å². The number of nitrogens with zero attached hydrogens (tertiary/aromatic N) is 11. The Morgan fingerprint density at radius 1 is 0.887 bits per heavy atom. The predicted octanol–water partition coefficient (Wildman–Crippen LogP) is 5.12. The summed E-state index contributed by atoms with van der Waals surface area (Å²) in [5.41, 5.74) is 7.38. The summed E-state index contributed by atoms with van der Waals surface area (Å²) in [6.45, 7) is 8.35. The van der Waals surface area contributed by atoms with Gasteiger partial charge in [0.25, 0.3) is 5.91 Å². The maximum absolute atomic E-state index is 16.2. The first kappa shape index (κ1) is 47.8. The number of nitrogen functional groups attached to an aromatic ring is 1. The van der Waals surface area contributed by atoms with Gasteiger partial charge in [-0.3, -0.25) is 24.6 Å². The van der Waals surface area contributed by atoms with Gasteiger partial charge in [0.1, 0.15) is 40.9 Å². The highest BCUT2D eigenvalue weighted by atomic mass is 19.1. The van der Waals surface area contributed by atoms with Crippen LogP contribution in [-0.2, 0) is 24.7 Å². The van der Waals surface area contributed by atoms with Crippen LogP contribution < -0.4 is 21.3 Å². The SMILES string of the molecule is CC(C)(C)n1nc(-c2noc(C3CC3)c2-c2ncc(C3CCN(C(=O)OCC(=O)N4CCN(CC5(F)CCN(c6c(F)cc(NC7CCC(=O)NC7=O)cc6F)CC5)CC4)CC3)cn2)c2c(N)ncnc21. The second-order valence-corrected chi connectivity index (χ2v) is 20.3. The molecule has 1 aromatic carbocycles. The minimum Gasteiger partial charge on any atom is -0.439 e. The molecule has 376 valence electrons. The number of benzene rings is 1. The van der Waals surface area contributed by atoms with Crippen LogP contribution in [0, 0.1) is 11.6 Å². The van der Waals surface area contributed by atoms with E-state index >= 15 is 13.2 Å². The molecule has 5 aromatic rings. The third kappa shape index (κ3) is 9.92. The molecule has 5 aliphatic rings. The minimum absolute atomic E-state index is 0.0536. The molecule has 5 fully saturated rings. The lowest BCUT2D eigenvalue weighted by Gasteiger charge is -2.42. The zero-order valence-electron chi connectivity index (χ0n) is 39.9. The number of hydrogen-bond donors (Lipinski definition) is 3. The Bertz CT molecular complexity index is 2820. The third-order valence-electron chi connectivity index (χ3n) is 14.3. The Labute approximate surface area is 406 Å². The van der Waals surface area contributed by atoms with E-state index in [1.807, 2.05) is 42.7 Å². The molecule has 1 unspecified atom stereocenters. The van der Waals surface area contributed by atoms with E-state index in [0.29, 0.717) is 91.7 Å². The summed E-state index contributed by atoms with van der Waals surface area (Å²) in [7, 11) is 0. The van der Waals surface area contributed by atoms with Crippen molar-refractivity contribution in [3.8, 4) is 22.8 Å². The van der Waals surface area contributed by atoms with Crippen molar-refractivity contribution >= 4 is 52.0 Å². The number of anilines is 3. The Hall–Kier alpha value is -6.91. The maximum Gasteiger partial charge on any atom is 0.410 e. The standard InChI is InChI=1S/C48H57F3N14O6/c1-47(2,3)65-44-37(42(52)55-26-56-44)38(59-65)39-36(41(71-60-39)28-4-5-28)43-53-22-29(23-54-43)27-8-12-64(13-9-27)46(69)70-24-35(67)62-18-16-61(17-19-62)25-48(51)10-14-63(15-11-48)40-31(49)20-30(21-32(40)50)57-33-6-7-34(66)58-45(33)68/h20-23,26-28,33,57H,4-19,24-25H2,1-3H3,(H2,52,55,56)(H,58,66,68). The van der Waals surface area contributed by atoms with Crippen molar-refractivity contribution in [2.45, 2.75) is 101 Å². The lowest BCUT2D eigenvalue weighted by molar-refractivity contribution is -0.137. The van der Waals surface area contributed by atoms with Gasteiger partial charge in [-0.1, -0.05) is 5.16 Å². The van der Waals surface area contributed by atoms with Crippen LogP contribution in [-0.4, -0.2) is 151 Å². The van der Waals surface area contributed by atoms with Crippen LogP contribution in [0.1, 0.15) is 95.3 Å². The minimum atomic E-state index is -1.59. The molecule has 4 aliphatic heterocycles. The van der Waals surface area contributed by atoms with Gasteiger partial charge < -0.3 is 35.0 Å². The average Bonchev–Trinajstić information content (AvgIpc) is 3.96. The van der Waals surface area contributed by atoms with Gasteiger partial charge in [-0.25, -0.2) is 42.6 Å². The molecular weight excluding hydrogens is 926 g/mol. The zero-order chi connectivity index (χ0) is 49.8. The highest BCUT2D eigenvalue weighted by Gasteiger charge is 2.40. The second-order valence-electron chi connectivity index (χ2n) is 20.3. The van der Waals surface area contributed by atoms with Gasteiger partial charge in [0.2, 0.25) is 11.8 Å². The number of carbonyl (C=O) groups excluding carboxylic acids is 4. The van der Waals surface area contributed by atoms with Crippen molar-refractivity contribution in [3.63, 3.8) is 0 Å². The molecule has 4 saturated heterocycles. The van der Waals surface area contributed by atoms with Crippen LogP contribution in [0.25, 0.3) is 33.8 Å². The number of amides is 4. The van der Waals surface area contributed by atoms with E-state index in [1.54, 1.807) is 9.80 Å². The molecule has 4 N–H and O–H groups in total. The molecule has 0 bridgehead atoms. The van der Waals surface area contributed by atoms with Gasteiger partial charge in [-0.2, -0.15) is 5.10 Å². The maximum atomic E-state index is 16.2. The summed E-state index contributed by atoms with van der Waals surface area (Å²) in [5, 5.41) is 15.0. The normalized spacial score (nSPS) is 20.4. The van der Waals surface area contributed by atoms with Crippen LogP contribution in [0.2, 0.25) is 0 Å². The van der Waals surface area contributed by atoms with Crippen molar-refractivity contribution in [3.05, 3.63) is 53.8 Å². The van der Waals surface area contributed by atoms with Crippen LogP contribution in [0.15, 0.2) is 35.4 Å². The van der Waals surface area contributed by atoms with E-state index in [0.717, 1.165) is 30.5 Å². The van der Waals surface area contributed by atoms with Gasteiger partial charge in [-0.15, -0.1) is 0 Å². The molecule has 23 heteroatoms. The smallest absolute Gasteiger partial charge is 0.410 e. The van der Waals surface area contributed by atoms with E-state index in [1.165, 1.54) is 11.2 Å². The number of piperazine rings is 1. The number of nitrogens with two attached hydrogens (primary N) is 1. The van der Waals surface area contributed by atoms with Gasteiger partial charge in [0.15, 0.2) is 35.5 Å².